The third kappa shape index (κ3) is 2.23. The normalized spacial score (nSPS) is 22.8. The molecule has 0 heterocycles. The summed E-state index contributed by atoms with van der Waals surface area (Å²) < 4.78 is 0. The molecule has 2 aliphatic rings. The Morgan fingerprint density at radius 3 is 1.33 bits per heavy atom. The first-order valence-corrected chi connectivity index (χ1v) is 5.13. The van der Waals surface area contributed by atoms with Gasteiger partial charge in [0, 0.05) is 0 Å². The maximum Gasteiger partial charge on any atom is -0.0160 e. The average molecular weight is 164 g/mol. The molecule has 12 heavy (non-hydrogen) atoms. The molecule has 0 bridgehead atoms. The van der Waals surface area contributed by atoms with Crippen LogP contribution in [0.25, 0.3) is 0 Å². The third-order valence-electron chi connectivity index (χ3n) is 2.54. The van der Waals surface area contributed by atoms with E-state index in [1.807, 2.05) is 0 Å². The molecule has 0 heteroatoms. The molecule has 0 unspecified atom stereocenters. The lowest BCUT2D eigenvalue weighted by Crippen LogP contribution is -2.10. The zero-order chi connectivity index (χ0) is 8.86. The Bertz CT molecular complexity index is 135. The van der Waals surface area contributed by atoms with Gasteiger partial charge in [0.25, 0.3) is 0 Å². The SMILES string of the molecule is C1=CCC2(C1)CC=CC2.CCC. The maximum atomic E-state index is 2.33. The highest BCUT2D eigenvalue weighted by Gasteiger charge is 2.30. The van der Waals surface area contributed by atoms with Crippen LogP contribution >= 0.6 is 0 Å². The predicted molar refractivity (Wildman–Crippen MR) is 55.1 cm³/mol. The highest BCUT2D eigenvalue weighted by molar-refractivity contribution is 5.12. The fourth-order valence-electron chi connectivity index (χ4n) is 1.83. The van der Waals surface area contributed by atoms with Crippen molar-refractivity contribution in [3.63, 3.8) is 0 Å². The Balaban J connectivity index is 0.000000213. The molecular weight excluding hydrogens is 144 g/mol. The fourth-order valence-corrected chi connectivity index (χ4v) is 1.83. The number of rotatable bonds is 0. The largest absolute Gasteiger partial charge is 0.0879 e. The predicted octanol–water partition coefficient (Wildman–Crippen LogP) is 4.09. The van der Waals surface area contributed by atoms with Crippen LogP contribution in [0.1, 0.15) is 46.0 Å². The molecule has 1 spiro atoms. The van der Waals surface area contributed by atoms with E-state index in [9.17, 15) is 0 Å². The molecule has 0 saturated heterocycles. The molecule has 0 aromatic rings. The van der Waals surface area contributed by atoms with Gasteiger partial charge in [-0.15, -0.1) is 0 Å². The minimum atomic E-state index is 0.667. The van der Waals surface area contributed by atoms with E-state index in [2.05, 4.69) is 38.2 Å². The first-order valence-electron chi connectivity index (χ1n) is 5.13. The zero-order valence-corrected chi connectivity index (χ0v) is 8.34. The van der Waals surface area contributed by atoms with Gasteiger partial charge in [-0.3, -0.25) is 0 Å². The quantitative estimate of drug-likeness (QED) is 0.473. The molecule has 0 aliphatic heterocycles. The van der Waals surface area contributed by atoms with Gasteiger partial charge in [-0.05, 0) is 31.1 Å². The summed E-state index contributed by atoms with van der Waals surface area (Å²) in [4.78, 5) is 0. The molecule has 0 N–H and O–H groups in total. The van der Waals surface area contributed by atoms with Crippen LogP contribution in [0.5, 0.6) is 0 Å². The fraction of sp³-hybridized carbons (Fsp3) is 0.667. The van der Waals surface area contributed by atoms with Gasteiger partial charge in [0.2, 0.25) is 0 Å². The van der Waals surface area contributed by atoms with Crippen molar-refractivity contribution in [3.05, 3.63) is 24.3 Å². The highest BCUT2D eigenvalue weighted by Crippen LogP contribution is 2.43. The van der Waals surface area contributed by atoms with Crippen molar-refractivity contribution in [1.29, 1.82) is 0 Å². The Morgan fingerprint density at radius 2 is 1.08 bits per heavy atom. The van der Waals surface area contributed by atoms with Gasteiger partial charge in [-0.25, -0.2) is 0 Å². The Morgan fingerprint density at radius 1 is 0.833 bits per heavy atom. The van der Waals surface area contributed by atoms with Gasteiger partial charge < -0.3 is 0 Å². The van der Waals surface area contributed by atoms with Gasteiger partial charge in [-0.1, -0.05) is 44.6 Å². The lowest BCUT2D eigenvalue weighted by atomic mass is 9.83. The second-order valence-corrected chi connectivity index (χ2v) is 3.97. The Hall–Kier alpha value is -0.520. The maximum absolute atomic E-state index is 2.33. The van der Waals surface area contributed by atoms with E-state index in [1.165, 1.54) is 32.1 Å². The average Bonchev–Trinajstić information content (AvgIpc) is 2.66. The summed E-state index contributed by atoms with van der Waals surface area (Å²) in [6, 6.07) is 0. The van der Waals surface area contributed by atoms with E-state index in [-0.39, 0.29) is 0 Å². The van der Waals surface area contributed by atoms with Crippen LogP contribution in [0.4, 0.5) is 0 Å². The summed E-state index contributed by atoms with van der Waals surface area (Å²) >= 11 is 0. The molecule has 0 radical (unpaired) electrons. The number of allylic oxidation sites excluding steroid dienone is 4. The summed E-state index contributed by atoms with van der Waals surface area (Å²) in [7, 11) is 0. The monoisotopic (exact) mass is 164 g/mol. The van der Waals surface area contributed by atoms with E-state index in [1.54, 1.807) is 0 Å². The molecule has 0 aromatic heterocycles. The van der Waals surface area contributed by atoms with Crippen molar-refractivity contribution in [1.82, 2.24) is 0 Å². The van der Waals surface area contributed by atoms with Crippen molar-refractivity contribution in [2.75, 3.05) is 0 Å². The van der Waals surface area contributed by atoms with Crippen LogP contribution in [0.3, 0.4) is 0 Å². The lowest BCUT2D eigenvalue weighted by Gasteiger charge is -2.21. The van der Waals surface area contributed by atoms with E-state index in [0.717, 1.165) is 0 Å². The third-order valence-corrected chi connectivity index (χ3v) is 2.54. The number of hydrogen-bond donors (Lipinski definition) is 0. The van der Waals surface area contributed by atoms with Crippen molar-refractivity contribution in [2.24, 2.45) is 5.41 Å². The van der Waals surface area contributed by atoms with E-state index >= 15 is 0 Å². The molecule has 0 atom stereocenters. The molecular formula is C12H20. The van der Waals surface area contributed by atoms with Crippen LogP contribution < -0.4 is 0 Å². The minimum Gasteiger partial charge on any atom is -0.0879 e. The van der Waals surface area contributed by atoms with Crippen LogP contribution in [-0.2, 0) is 0 Å². The van der Waals surface area contributed by atoms with E-state index in [4.69, 9.17) is 0 Å². The molecule has 0 nitrogen and oxygen atoms in total. The molecule has 0 saturated carbocycles. The highest BCUT2D eigenvalue weighted by atomic mass is 14.3. The first-order chi connectivity index (χ1) is 5.83. The van der Waals surface area contributed by atoms with Crippen LogP contribution in [0, 0.1) is 5.41 Å². The second-order valence-electron chi connectivity index (χ2n) is 3.97. The minimum absolute atomic E-state index is 0.667. The van der Waals surface area contributed by atoms with E-state index in [0.29, 0.717) is 5.41 Å². The van der Waals surface area contributed by atoms with E-state index < -0.39 is 0 Å². The Kier molecular flexibility index (Phi) is 3.58. The van der Waals surface area contributed by atoms with Crippen molar-refractivity contribution in [3.8, 4) is 0 Å². The Labute approximate surface area is 76.4 Å². The molecule has 0 aromatic carbocycles. The topological polar surface area (TPSA) is 0 Å². The molecule has 68 valence electrons. The van der Waals surface area contributed by atoms with Crippen LogP contribution in [-0.4, -0.2) is 0 Å². The lowest BCUT2D eigenvalue weighted by molar-refractivity contribution is 0.338. The first kappa shape index (κ1) is 9.57. The van der Waals surface area contributed by atoms with Crippen molar-refractivity contribution >= 4 is 0 Å². The molecule has 0 amide bonds. The zero-order valence-electron chi connectivity index (χ0n) is 8.34. The van der Waals surface area contributed by atoms with Crippen LogP contribution in [0.15, 0.2) is 24.3 Å². The summed E-state index contributed by atoms with van der Waals surface area (Å²) in [5, 5.41) is 0. The summed E-state index contributed by atoms with van der Waals surface area (Å²) in [5.41, 5.74) is 0.667. The number of hydrogen-bond acceptors (Lipinski definition) is 0. The van der Waals surface area contributed by atoms with Crippen molar-refractivity contribution < 1.29 is 0 Å². The van der Waals surface area contributed by atoms with Gasteiger partial charge >= 0.3 is 0 Å². The smallest absolute Gasteiger partial charge is 0.0160 e. The van der Waals surface area contributed by atoms with Gasteiger partial charge in [-0.2, -0.15) is 0 Å². The standard InChI is InChI=1S/C9H12.C3H8/c1-2-6-9(5-1)7-3-4-8-9;1-3-2/h1-4H,5-8H2;3H2,1-2H3. The summed E-state index contributed by atoms with van der Waals surface area (Å²) in [6.07, 6.45) is 15.8. The molecule has 0 fully saturated rings. The van der Waals surface area contributed by atoms with Gasteiger partial charge in [0.05, 0.1) is 0 Å². The summed E-state index contributed by atoms with van der Waals surface area (Å²) in [5.74, 6) is 0. The van der Waals surface area contributed by atoms with Crippen molar-refractivity contribution in [2.45, 2.75) is 46.0 Å². The summed E-state index contributed by atoms with van der Waals surface area (Å²) in [6.45, 7) is 4.25. The molecule has 2 aliphatic carbocycles. The van der Waals surface area contributed by atoms with Gasteiger partial charge in [0.1, 0.15) is 0 Å². The van der Waals surface area contributed by atoms with Crippen LogP contribution in [0.2, 0.25) is 0 Å². The van der Waals surface area contributed by atoms with Gasteiger partial charge in [0.15, 0.2) is 0 Å². The molecule has 2 rings (SSSR count). The second kappa shape index (κ2) is 4.49.